The zero-order valence-electron chi connectivity index (χ0n) is 14.8. The van der Waals surface area contributed by atoms with Gasteiger partial charge in [-0.3, -0.25) is 14.2 Å². The molecule has 0 aliphatic rings. The molecule has 0 atom stereocenters. The smallest absolute Gasteiger partial charge is 0.351 e. The van der Waals surface area contributed by atoms with Crippen molar-refractivity contribution in [2.75, 3.05) is 12.4 Å². The molecule has 1 heterocycles. The summed E-state index contributed by atoms with van der Waals surface area (Å²) in [5.74, 6) is -0.910. The van der Waals surface area contributed by atoms with E-state index < -0.39 is 28.7 Å². The lowest BCUT2D eigenvalue weighted by Crippen LogP contribution is -2.43. The highest BCUT2D eigenvalue weighted by molar-refractivity contribution is 6.33. The van der Waals surface area contributed by atoms with Crippen molar-refractivity contribution in [2.45, 2.75) is 0 Å². The van der Waals surface area contributed by atoms with Crippen LogP contribution >= 0.6 is 11.6 Å². The molecule has 0 unspecified atom stereocenters. The van der Waals surface area contributed by atoms with E-state index in [1.165, 1.54) is 20.2 Å². The molecule has 0 radical (unpaired) electrons. The van der Waals surface area contributed by atoms with E-state index in [1.54, 1.807) is 24.3 Å². The molecular weight excluding hydrogens is 391 g/mol. The summed E-state index contributed by atoms with van der Waals surface area (Å²) in [6, 6.07) is 9.68. The SMILES string of the molecule is COc1ccc(-n2nc(C(=O)Nc3ccc(F)cc3Cl)c(=O)n(C)c2=O)cc1. The molecule has 0 aliphatic heterocycles. The first-order chi connectivity index (χ1) is 13.3. The molecule has 0 fully saturated rings. The predicted molar refractivity (Wildman–Crippen MR) is 101 cm³/mol. The highest BCUT2D eigenvalue weighted by Crippen LogP contribution is 2.22. The van der Waals surface area contributed by atoms with Crippen molar-refractivity contribution in [3.05, 3.63) is 79.8 Å². The third kappa shape index (κ3) is 3.65. The maximum absolute atomic E-state index is 13.2. The molecular formula is C18H14ClFN4O4. The third-order valence-electron chi connectivity index (χ3n) is 3.89. The summed E-state index contributed by atoms with van der Waals surface area (Å²) < 4.78 is 19.9. The summed E-state index contributed by atoms with van der Waals surface area (Å²) in [6.07, 6.45) is 0. The summed E-state index contributed by atoms with van der Waals surface area (Å²) >= 11 is 5.89. The largest absolute Gasteiger partial charge is 0.497 e. The molecule has 2 aromatic carbocycles. The lowest BCUT2D eigenvalue weighted by molar-refractivity contribution is 0.101. The molecule has 0 bridgehead atoms. The van der Waals surface area contributed by atoms with E-state index in [2.05, 4.69) is 10.4 Å². The number of hydrogen-bond donors (Lipinski definition) is 1. The van der Waals surface area contributed by atoms with Crippen molar-refractivity contribution >= 4 is 23.2 Å². The van der Waals surface area contributed by atoms with Gasteiger partial charge in [0.25, 0.3) is 11.5 Å². The lowest BCUT2D eigenvalue weighted by Gasteiger charge is -2.11. The molecule has 1 aromatic heterocycles. The van der Waals surface area contributed by atoms with Crippen molar-refractivity contribution in [2.24, 2.45) is 7.05 Å². The van der Waals surface area contributed by atoms with Crippen LogP contribution in [0.3, 0.4) is 0 Å². The van der Waals surface area contributed by atoms with Gasteiger partial charge in [0.05, 0.1) is 23.5 Å². The molecule has 0 aliphatic carbocycles. The number of rotatable bonds is 4. The van der Waals surface area contributed by atoms with Crippen LogP contribution in [0.4, 0.5) is 10.1 Å². The van der Waals surface area contributed by atoms with Crippen LogP contribution in [0.1, 0.15) is 10.5 Å². The van der Waals surface area contributed by atoms with E-state index in [9.17, 15) is 18.8 Å². The van der Waals surface area contributed by atoms with Crippen molar-refractivity contribution < 1.29 is 13.9 Å². The van der Waals surface area contributed by atoms with Crippen molar-refractivity contribution in [1.29, 1.82) is 0 Å². The second kappa shape index (κ2) is 7.65. The normalized spacial score (nSPS) is 10.6. The first kappa shape index (κ1) is 19.3. The van der Waals surface area contributed by atoms with Gasteiger partial charge in [-0.1, -0.05) is 11.6 Å². The van der Waals surface area contributed by atoms with Crippen LogP contribution in [0, 0.1) is 5.82 Å². The first-order valence-corrected chi connectivity index (χ1v) is 8.31. The van der Waals surface area contributed by atoms with Gasteiger partial charge in [0.2, 0.25) is 5.69 Å². The summed E-state index contributed by atoms with van der Waals surface area (Å²) in [7, 11) is 2.72. The fourth-order valence-corrected chi connectivity index (χ4v) is 2.59. The van der Waals surface area contributed by atoms with Crippen molar-refractivity contribution in [3.63, 3.8) is 0 Å². The Morgan fingerprint density at radius 1 is 1.18 bits per heavy atom. The minimum Gasteiger partial charge on any atom is -0.497 e. The van der Waals surface area contributed by atoms with Gasteiger partial charge >= 0.3 is 5.69 Å². The van der Waals surface area contributed by atoms with E-state index in [-0.39, 0.29) is 10.7 Å². The van der Waals surface area contributed by atoms with Gasteiger partial charge in [-0.25, -0.2) is 9.18 Å². The molecule has 10 heteroatoms. The molecule has 144 valence electrons. The average Bonchev–Trinajstić information content (AvgIpc) is 2.68. The number of aromatic nitrogens is 3. The Balaban J connectivity index is 2.05. The Labute approximate surface area is 162 Å². The fraction of sp³-hybridized carbons (Fsp3) is 0.111. The average molecular weight is 405 g/mol. The number of methoxy groups -OCH3 is 1. The molecule has 0 saturated carbocycles. The Hall–Kier alpha value is -3.46. The minimum absolute atomic E-state index is 0.0475. The number of benzene rings is 2. The van der Waals surface area contributed by atoms with Crippen LogP contribution < -0.4 is 21.3 Å². The Kier molecular flexibility index (Phi) is 5.27. The maximum Gasteiger partial charge on any atom is 0.351 e. The number of anilines is 1. The van der Waals surface area contributed by atoms with Crippen molar-refractivity contribution in [3.8, 4) is 11.4 Å². The quantitative estimate of drug-likeness (QED) is 0.717. The highest BCUT2D eigenvalue weighted by Gasteiger charge is 2.19. The molecule has 8 nitrogen and oxygen atoms in total. The van der Waals surface area contributed by atoms with Crippen molar-refractivity contribution in [1.82, 2.24) is 14.3 Å². The van der Waals surface area contributed by atoms with E-state index in [4.69, 9.17) is 16.3 Å². The van der Waals surface area contributed by atoms with Gasteiger partial charge in [-0.15, -0.1) is 0 Å². The van der Waals surface area contributed by atoms with Crippen LogP contribution in [-0.4, -0.2) is 27.4 Å². The fourth-order valence-electron chi connectivity index (χ4n) is 2.38. The number of carbonyl (C=O) groups is 1. The predicted octanol–water partition coefficient (Wildman–Crippen LogP) is 1.98. The van der Waals surface area contributed by atoms with E-state index >= 15 is 0 Å². The Bertz CT molecular complexity index is 1170. The number of carbonyl (C=O) groups excluding carboxylic acids is 1. The monoisotopic (exact) mass is 404 g/mol. The number of amides is 1. The Morgan fingerprint density at radius 2 is 1.86 bits per heavy atom. The van der Waals surface area contributed by atoms with Crippen LogP contribution in [-0.2, 0) is 7.05 Å². The Morgan fingerprint density at radius 3 is 2.46 bits per heavy atom. The molecule has 3 rings (SSSR count). The topological polar surface area (TPSA) is 95.2 Å². The molecule has 1 amide bonds. The van der Waals surface area contributed by atoms with Crippen LogP contribution in [0.15, 0.2) is 52.1 Å². The highest BCUT2D eigenvalue weighted by atomic mass is 35.5. The van der Waals surface area contributed by atoms with Crippen LogP contribution in [0.25, 0.3) is 5.69 Å². The second-order valence-electron chi connectivity index (χ2n) is 5.68. The number of ether oxygens (including phenoxy) is 1. The van der Waals surface area contributed by atoms with Crippen LogP contribution in [0.2, 0.25) is 5.02 Å². The third-order valence-corrected chi connectivity index (χ3v) is 4.20. The second-order valence-corrected chi connectivity index (χ2v) is 6.09. The number of nitrogens with zero attached hydrogens (tertiary/aromatic N) is 3. The standard InChI is InChI=1S/C18H14ClFN4O4/c1-23-17(26)15(16(25)21-14-8-3-10(20)9-13(14)19)22-24(18(23)27)11-4-6-12(28-2)7-5-11/h3-9H,1-2H3,(H,21,25). The number of halogens is 2. The summed E-state index contributed by atoms with van der Waals surface area (Å²) in [5.41, 5.74) is -1.72. The number of hydrogen-bond acceptors (Lipinski definition) is 5. The molecule has 1 N–H and O–H groups in total. The maximum atomic E-state index is 13.2. The number of nitrogens with one attached hydrogen (secondary N) is 1. The van der Waals surface area contributed by atoms with Gasteiger partial charge < -0.3 is 10.1 Å². The summed E-state index contributed by atoms with van der Waals surface area (Å²) in [6.45, 7) is 0. The summed E-state index contributed by atoms with van der Waals surface area (Å²) in [4.78, 5) is 37.3. The van der Waals surface area contributed by atoms with Gasteiger partial charge in [0.1, 0.15) is 11.6 Å². The molecule has 0 saturated heterocycles. The summed E-state index contributed by atoms with van der Waals surface area (Å²) in [5, 5.41) is 6.24. The lowest BCUT2D eigenvalue weighted by atomic mass is 10.3. The zero-order valence-corrected chi connectivity index (χ0v) is 15.5. The van der Waals surface area contributed by atoms with E-state index in [0.717, 1.165) is 21.4 Å². The van der Waals surface area contributed by atoms with Crippen LogP contribution in [0.5, 0.6) is 5.75 Å². The molecule has 3 aromatic rings. The van der Waals surface area contributed by atoms with E-state index in [0.29, 0.717) is 11.4 Å². The van der Waals surface area contributed by atoms with Gasteiger partial charge in [-0.2, -0.15) is 9.78 Å². The molecule has 28 heavy (non-hydrogen) atoms. The zero-order chi connectivity index (χ0) is 20.4. The van der Waals surface area contributed by atoms with E-state index in [1.807, 2.05) is 0 Å². The van der Waals surface area contributed by atoms with Gasteiger partial charge in [0.15, 0.2) is 0 Å². The minimum atomic E-state index is -0.892. The molecule has 0 spiro atoms. The first-order valence-electron chi connectivity index (χ1n) is 7.93. The van der Waals surface area contributed by atoms with Gasteiger partial charge in [0, 0.05) is 7.05 Å². The van der Waals surface area contributed by atoms with Gasteiger partial charge in [-0.05, 0) is 42.5 Å².